The van der Waals surface area contributed by atoms with Crippen LogP contribution in [-0.4, -0.2) is 66.3 Å². The van der Waals surface area contributed by atoms with E-state index in [1.165, 1.54) is 6.20 Å². The van der Waals surface area contributed by atoms with Crippen molar-refractivity contribution in [3.8, 4) is 0 Å². The summed E-state index contributed by atoms with van der Waals surface area (Å²) in [7, 11) is 1.72. The number of fused-ring (bicyclic) bond motifs is 1. The largest absolute Gasteiger partial charge is 0.490 e. The molecule has 1 amide bonds. The molecule has 1 aliphatic carbocycles. The number of nitrogens with two attached hydrogens (primary N) is 1. The maximum absolute atomic E-state index is 12.8. The number of halogens is 4. The van der Waals surface area contributed by atoms with E-state index in [0.717, 1.165) is 25.7 Å². The van der Waals surface area contributed by atoms with Crippen molar-refractivity contribution in [3.63, 3.8) is 0 Å². The van der Waals surface area contributed by atoms with E-state index in [9.17, 15) is 22.4 Å². The number of hydrogen-bond donors (Lipinski definition) is 4. The standard InChI is InChI=1S/C19H25FN8O.C2HF3O2/c1-27-11-16(15(26-27)6-8-20)24-19(29)12-10-22-28-9-7-17(25-18(12)28)23-14-5-3-2-4-13(14)21;3-2(4,5)1(6)7/h7,9-11,13-14H,2-6,8,21H2,1H3,(H,23,25)(H,24,29);(H,6,7)/t13-,14+;/m0./s1. The van der Waals surface area contributed by atoms with Crippen molar-refractivity contribution in [2.75, 3.05) is 17.3 Å². The number of alkyl halides is 4. The maximum Gasteiger partial charge on any atom is 0.490 e. The predicted molar refractivity (Wildman–Crippen MR) is 121 cm³/mol. The zero-order valence-electron chi connectivity index (χ0n) is 19.3. The lowest BCUT2D eigenvalue weighted by molar-refractivity contribution is -0.192. The van der Waals surface area contributed by atoms with Crippen molar-refractivity contribution < 1.29 is 32.3 Å². The van der Waals surface area contributed by atoms with Gasteiger partial charge in [-0.3, -0.25) is 13.9 Å². The molecule has 0 radical (unpaired) electrons. The van der Waals surface area contributed by atoms with Gasteiger partial charge in [0.25, 0.3) is 5.91 Å². The van der Waals surface area contributed by atoms with E-state index >= 15 is 0 Å². The maximum atomic E-state index is 12.8. The topological polar surface area (TPSA) is 152 Å². The van der Waals surface area contributed by atoms with Crippen LogP contribution in [0.2, 0.25) is 0 Å². The average molecular weight is 514 g/mol. The van der Waals surface area contributed by atoms with E-state index in [2.05, 4.69) is 25.8 Å². The molecule has 5 N–H and O–H groups in total. The Hall–Kier alpha value is -3.75. The summed E-state index contributed by atoms with van der Waals surface area (Å²) in [6.45, 7) is -0.545. The second-order valence-corrected chi connectivity index (χ2v) is 8.20. The lowest BCUT2D eigenvalue weighted by Crippen LogP contribution is -2.42. The third-order valence-electron chi connectivity index (χ3n) is 5.49. The Labute approximate surface area is 202 Å². The average Bonchev–Trinajstić information content (AvgIpc) is 3.38. The minimum absolute atomic E-state index is 0.0916. The van der Waals surface area contributed by atoms with E-state index in [0.29, 0.717) is 28.4 Å². The third-order valence-corrected chi connectivity index (χ3v) is 5.49. The lowest BCUT2D eigenvalue weighted by Gasteiger charge is -2.29. The first-order chi connectivity index (χ1) is 17.0. The van der Waals surface area contributed by atoms with Gasteiger partial charge in [-0.1, -0.05) is 12.8 Å². The third kappa shape index (κ3) is 6.68. The molecule has 0 spiro atoms. The molecule has 196 valence electrons. The number of anilines is 2. The van der Waals surface area contributed by atoms with Crippen LogP contribution in [-0.2, 0) is 18.3 Å². The summed E-state index contributed by atoms with van der Waals surface area (Å²) in [6.07, 6.45) is 4.22. The van der Waals surface area contributed by atoms with Crippen molar-refractivity contribution >= 4 is 29.0 Å². The zero-order valence-corrected chi connectivity index (χ0v) is 19.3. The SMILES string of the molecule is Cn1cc(NC(=O)c2cnn3ccc(N[C@@H]4CCCC[C@@H]4N)nc23)c(CCF)n1.O=C(O)C(F)(F)F. The normalized spacial score (nSPS) is 17.8. The summed E-state index contributed by atoms with van der Waals surface area (Å²) in [5.41, 5.74) is 7.97. The van der Waals surface area contributed by atoms with Gasteiger partial charge in [0.05, 0.1) is 24.3 Å². The number of carbonyl (C=O) groups is 2. The fourth-order valence-corrected chi connectivity index (χ4v) is 3.74. The summed E-state index contributed by atoms with van der Waals surface area (Å²) in [5, 5.41) is 21.7. The van der Waals surface area contributed by atoms with Gasteiger partial charge in [0, 0.05) is 37.9 Å². The molecule has 1 aliphatic rings. The Balaban J connectivity index is 0.000000454. The van der Waals surface area contributed by atoms with Crippen LogP contribution < -0.4 is 16.4 Å². The number of hydrogen-bond acceptors (Lipinski definition) is 7. The Morgan fingerprint density at radius 2 is 1.97 bits per heavy atom. The lowest BCUT2D eigenvalue weighted by atomic mass is 9.91. The molecule has 0 unspecified atom stereocenters. The number of aromatic nitrogens is 5. The molecule has 15 heteroatoms. The van der Waals surface area contributed by atoms with Crippen LogP contribution >= 0.6 is 0 Å². The van der Waals surface area contributed by atoms with E-state index in [1.807, 2.05) is 6.07 Å². The molecule has 0 aromatic carbocycles. The second-order valence-electron chi connectivity index (χ2n) is 8.20. The minimum atomic E-state index is -5.08. The first-order valence-electron chi connectivity index (χ1n) is 11.1. The highest BCUT2D eigenvalue weighted by Gasteiger charge is 2.38. The highest BCUT2D eigenvalue weighted by molar-refractivity contribution is 6.08. The molecule has 3 aromatic rings. The molecule has 0 saturated heterocycles. The Morgan fingerprint density at radius 3 is 2.61 bits per heavy atom. The van der Waals surface area contributed by atoms with E-state index in [4.69, 9.17) is 15.6 Å². The number of aliphatic carboxylic acids is 1. The van der Waals surface area contributed by atoms with Gasteiger partial charge >= 0.3 is 12.1 Å². The van der Waals surface area contributed by atoms with Crippen LogP contribution in [0.4, 0.5) is 29.1 Å². The van der Waals surface area contributed by atoms with Gasteiger partial charge in [0.1, 0.15) is 11.4 Å². The van der Waals surface area contributed by atoms with Crippen LogP contribution in [0.15, 0.2) is 24.7 Å². The van der Waals surface area contributed by atoms with Crippen molar-refractivity contribution in [2.45, 2.75) is 50.4 Å². The highest BCUT2D eigenvalue weighted by atomic mass is 19.4. The molecule has 2 atom stereocenters. The number of amides is 1. The molecular weight excluding hydrogens is 488 g/mol. The molecule has 3 aromatic heterocycles. The summed E-state index contributed by atoms with van der Waals surface area (Å²) < 4.78 is 47.6. The van der Waals surface area contributed by atoms with E-state index in [-0.39, 0.29) is 24.4 Å². The quantitative estimate of drug-likeness (QED) is 0.366. The van der Waals surface area contributed by atoms with Crippen molar-refractivity contribution in [2.24, 2.45) is 12.8 Å². The fraction of sp³-hybridized carbons (Fsp3) is 0.476. The summed E-state index contributed by atoms with van der Waals surface area (Å²) in [5.74, 6) is -2.46. The van der Waals surface area contributed by atoms with Crippen LogP contribution in [0.25, 0.3) is 5.65 Å². The first kappa shape index (κ1) is 26.8. The molecule has 1 fully saturated rings. The van der Waals surface area contributed by atoms with Crippen molar-refractivity contribution in [1.82, 2.24) is 24.4 Å². The van der Waals surface area contributed by atoms with Gasteiger partial charge in [-0.25, -0.2) is 14.3 Å². The monoisotopic (exact) mass is 514 g/mol. The number of nitrogens with one attached hydrogen (secondary N) is 2. The minimum Gasteiger partial charge on any atom is -0.475 e. The van der Waals surface area contributed by atoms with Gasteiger partial charge in [-0.15, -0.1) is 0 Å². The zero-order chi connectivity index (χ0) is 26.5. The van der Waals surface area contributed by atoms with Crippen LogP contribution in [0.3, 0.4) is 0 Å². The molecular formula is C21H26F4N8O3. The molecule has 4 rings (SSSR count). The number of aryl methyl sites for hydroxylation is 2. The van der Waals surface area contributed by atoms with Gasteiger partial charge < -0.3 is 21.5 Å². The van der Waals surface area contributed by atoms with Gasteiger partial charge in [-0.05, 0) is 18.9 Å². The summed E-state index contributed by atoms with van der Waals surface area (Å²) >= 11 is 0. The number of nitrogens with zero attached hydrogens (tertiary/aromatic N) is 5. The Morgan fingerprint density at radius 1 is 1.28 bits per heavy atom. The van der Waals surface area contributed by atoms with Crippen LogP contribution in [0.5, 0.6) is 0 Å². The second kappa shape index (κ2) is 11.3. The fourth-order valence-electron chi connectivity index (χ4n) is 3.74. The van der Waals surface area contributed by atoms with Gasteiger partial charge in [-0.2, -0.15) is 23.4 Å². The molecule has 1 saturated carbocycles. The number of rotatable bonds is 6. The molecule has 0 bridgehead atoms. The van der Waals surface area contributed by atoms with Crippen LogP contribution in [0, 0.1) is 0 Å². The molecule has 36 heavy (non-hydrogen) atoms. The summed E-state index contributed by atoms with van der Waals surface area (Å²) in [6, 6.07) is 2.08. The van der Waals surface area contributed by atoms with Gasteiger partial charge in [0.2, 0.25) is 0 Å². The first-order valence-corrected chi connectivity index (χ1v) is 11.1. The van der Waals surface area contributed by atoms with Crippen molar-refractivity contribution in [3.05, 3.63) is 35.9 Å². The van der Waals surface area contributed by atoms with E-state index < -0.39 is 18.8 Å². The molecule has 3 heterocycles. The Kier molecular flexibility index (Phi) is 8.45. The number of carboxylic acids is 1. The smallest absolute Gasteiger partial charge is 0.475 e. The molecule has 0 aliphatic heterocycles. The Bertz CT molecular complexity index is 1210. The number of carbonyl (C=O) groups excluding carboxylic acids is 1. The molecule has 11 nitrogen and oxygen atoms in total. The van der Waals surface area contributed by atoms with E-state index in [1.54, 1.807) is 28.6 Å². The van der Waals surface area contributed by atoms with Crippen LogP contribution in [0.1, 0.15) is 41.7 Å². The summed E-state index contributed by atoms with van der Waals surface area (Å²) in [4.78, 5) is 26.3. The number of carboxylic acid groups (broad SMARTS) is 1. The predicted octanol–water partition coefficient (Wildman–Crippen LogP) is 2.54. The van der Waals surface area contributed by atoms with Gasteiger partial charge in [0.15, 0.2) is 5.65 Å². The van der Waals surface area contributed by atoms with Crippen molar-refractivity contribution in [1.29, 1.82) is 0 Å². The highest BCUT2D eigenvalue weighted by Crippen LogP contribution is 2.22.